The number of ether oxygens (including phenoxy) is 2. The van der Waals surface area contributed by atoms with Crippen LogP contribution in [0.2, 0.25) is 5.02 Å². The molecule has 0 saturated heterocycles. The van der Waals surface area contributed by atoms with Crippen molar-refractivity contribution in [2.45, 2.75) is 19.2 Å². The monoisotopic (exact) mass is 372 g/mol. The van der Waals surface area contributed by atoms with E-state index in [1.807, 2.05) is 6.92 Å². The molecule has 9 heteroatoms. The third-order valence-corrected chi connectivity index (χ3v) is 3.57. The zero-order valence-corrected chi connectivity index (χ0v) is 14.1. The second kappa shape index (κ2) is 8.14. The third kappa shape index (κ3) is 4.25. The number of halogens is 2. The number of carboxylic acid groups (broad SMARTS) is 1. The average Bonchev–Trinajstić information content (AvgIpc) is 3.00. The Labute approximate surface area is 147 Å². The van der Waals surface area contributed by atoms with Crippen LogP contribution in [-0.4, -0.2) is 38.8 Å². The van der Waals surface area contributed by atoms with Crippen molar-refractivity contribution in [3.63, 3.8) is 0 Å². The predicted octanol–water partition coefficient (Wildman–Crippen LogP) is 2.79. The molecular weight excluding hydrogens is 359 g/mol. The second-order valence-electron chi connectivity index (χ2n) is 4.58. The maximum absolute atomic E-state index is 12.6. The van der Waals surface area contributed by atoms with Gasteiger partial charge in [-0.1, -0.05) is 23.2 Å². The first-order chi connectivity index (χ1) is 11.4. The molecule has 0 radical (unpaired) electrons. The summed E-state index contributed by atoms with van der Waals surface area (Å²) in [7, 11) is 0. The van der Waals surface area contributed by atoms with E-state index in [9.17, 15) is 9.59 Å². The molecule has 1 atom stereocenters. The Bertz CT molecular complexity index is 747. The molecule has 1 unspecified atom stereocenters. The Morgan fingerprint density at radius 3 is 2.75 bits per heavy atom. The molecule has 1 aromatic carbocycles. The van der Waals surface area contributed by atoms with Gasteiger partial charge in [-0.2, -0.15) is 5.10 Å². The van der Waals surface area contributed by atoms with Gasteiger partial charge in [0, 0.05) is 18.4 Å². The summed E-state index contributed by atoms with van der Waals surface area (Å²) < 4.78 is 11.7. The Balaban J connectivity index is 2.22. The molecule has 1 heterocycles. The Morgan fingerprint density at radius 2 is 2.12 bits per heavy atom. The smallest absolute Gasteiger partial charge is 0.360 e. The van der Waals surface area contributed by atoms with Crippen LogP contribution < -0.4 is 4.74 Å². The minimum Gasteiger partial charge on any atom is -0.478 e. The van der Waals surface area contributed by atoms with Gasteiger partial charge >= 0.3 is 5.97 Å². The van der Waals surface area contributed by atoms with E-state index in [1.165, 1.54) is 29.1 Å². The molecule has 128 valence electrons. The van der Waals surface area contributed by atoms with Crippen LogP contribution in [0.5, 0.6) is 5.75 Å². The number of nitrogens with zero attached hydrogens (tertiary/aromatic N) is 2. The quantitative estimate of drug-likeness (QED) is 0.565. The number of aliphatic carboxylic acids is 1. The fourth-order valence-electron chi connectivity index (χ4n) is 1.87. The van der Waals surface area contributed by atoms with Crippen molar-refractivity contribution in [2.75, 3.05) is 6.61 Å². The summed E-state index contributed by atoms with van der Waals surface area (Å²) in [6.45, 7) is 2.47. The highest BCUT2D eigenvalue weighted by atomic mass is 35.5. The van der Waals surface area contributed by atoms with Crippen LogP contribution in [0.1, 0.15) is 23.0 Å². The van der Waals surface area contributed by atoms with Crippen LogP contribution in [0.15, 0.2) is 30.5 Å². The highest BCUT2D eigenvalue weighted by Gasteiger charge is 2.20. The summed E-state index contributed by atoms with van der Waals surface area (Å²) in [6.07, 6.45) is 1.49. The predicted molar refractivity (Wildman–Crippen MR) is 86.6 cm³/mol. The van der Waals surface area contributed by atoms with Crippen molar-refractivity contribution >= 4 is 35.0 Å². The molecule has 2 aromatic rings. The summed E-state index contributed by atoms with van der Waals surface area (Å²) in [6, 6.07) is 5.74. The van der Waals surface area contributed by atoms with E-state index < -0.39 is 11.5 Å². The van der Waals surface area contributed by atoms with Crippen molar-refractivity contribution in [2.24, 2.45) is 0 Å². The molecule has 1 N–H and O–H groups in total. The summed E-state index contributed by atoms with van der Waals surface area (Å²) in [5, 5.41) is 12.9. The Hall–Kier alpha value is -2.09. The molecule has 0 fully saturated rings. The molecule has 0 aliphatic heterocycles. The molecule has 0 spiro atoms. The Morgan fingerprint density at radius 1 is 1.38 bits per heavy atom. The Kier molecular flexibility index (Phi) is 6.19. The molecule has 24 heavy (non-hydrogen) atoms. The molecule has 0 aliphatic carbocycles. The number of hydrogen-bond acceptors (Lipinski definition) is 5. The number of alkyl halides is 1. The van der Waals surface area contributed by atoms with Crippen molar-refractivity contribution in [3.05, 3.63) is 46.7 Å². The zero-order chi connectivity index (χ0) is 17.7. The van der Waals surface area contributed by atoms with Gasteiger partial charge < -0.3 is 14.6 Å². The molecule has 2 rings (SSSR count). The van der Waals surface area contributed by atoms with Crippen LogP contribution in [-0.2, 0) is 16.3 Å². The van der Waals surface area contributed by atoms with Gasteiger partial charge in [0.05, 0.1) is 5.02 Å². The summed E-state index contributed by atoms with van der Waals surface area (Å²) in [5.41, 5.74) is -1.00. The number of aromatic nitrogens is 2. The van der Waals surface area contributed by atoms with E-state index in [-0.39, 0.29) is 28.8 Å². The summed E-state index contributed by atoms with van der Waals surface area (Å²) >= 11 is 11.6. The number of rotatable bonds is 8. The van der Waals surface area contributed by atoms with E-state index in [0.717, 1.165) is 0 Å². The molecule has 7 nitrogen and oxygen atoms in total. The number of carbonyl (C=O) groups is 2. The van der Waals surface area contributed by atoms with Crippen LogP contribution in [0.3, 0.4) is 0 Å². The lowest BCUT2D eigenvalue weighted by Crippen LogP contribution is -2.20. The number of carboxylic acids is 1. The molecule has 0 saturated carbocycles. The van der Waals surface area contributed by atoms with Crippen molar-refractivity contribution in [3.8, 4) is 5.75 Å². The maximum atomic E-state index is 12.6. The molecule has 1 aromatic heterocycles. The van der Waals surface area contributed by atoms with Crippen LogP contribution >= 0.6 is 23.2 Å². The zero-order valence-electron chi connectivity index (χ0n) is 12.6. The minimum absolute atomic E-state index is 0.107. The molecule has 0 bridgehead atoms. The largest absolute Gasteiger partial charge is 0.478 e. The van der Waals surface area contributed by atoms with E-state index in [2.05, 4.69) is 5.10 Å². The first-order valence-corrected chi connectivity index (χ1v) is 7.72. The standard InChI is InChI=1S/C15H14Cl2N2O5/c1-2-23-8-19-12(5-6-18-19)13(20)10-4-3-9(7-11(10)16)24-14(17)15(21)22/h3-7,14H,2,8H2,1H3,(H,21,22). The first kappa shape index (κ1) is 18.3. The topological polar surface area (TPSA) is 90.7 Å². The van der Waals surface area contributed by atoms with Crippen molar-refractivity contribution in [1.82, 2.24) is 9.78 Å². The minimum atomic E-state index is -1.55. The number of benzene rings is 1. The van der Waals surface area contributed by atoms with Gasteiger partial charge in [0.15, 0.2) is 0 Å². The SMILES string of the molecule is CCOCn1nccc1C(=O)c1ccc(OC(Cl)C(=O)O)cc1Cl. The number of carbonyl (C=O) groups excluding carboxylic acids is 1. The van der Waals surface area contributed by atoms with Crippen molar-refractivity contribution in [1.29, 1.82) is 0 Å². The molecule has 0 aliphatic rings. The lowest BCUT2D eigenvalue weighted by atomic mass is 10.1. The number of hydrogen-bond donors (Lipinski definition) is 1. The van der Waals surface area contributed by atoms with E-state index >= 15 is 0 Å². The normalized spacial score (nSPS) is 12.0. The fraction of sp³-hybridized carbons (Fsp3) is 0.267. The van der Waals surface area contributed by atoms with Crippen molar-refractivity contribution < 1.29 is 24.2 Å². The van der Waals surface area contributed by atoms with E-state index in [0.29, 0.717) is 12.3 Å². The first-order valence-electron chi connectivity index (χ1n) is 6.91. The van der Waals surface area contributed by atoms with Gasteiger partial charge in [-0.25, -0.2) is 9.48 Å². The third-order valence-electron chi connectivity index (χ3n) is 2.99. The highest BCUT2D eigenvalue weighted by molar-refractivity contribution is 6.35. The fourth-order valence-corrected chi connectivity index (χ4v) is 2.23. The second-order valence-corrected chi connectivity index (χ2v) is 5.38. The van der Waals surface area contributed by atoms with Gasteiger partial charge in [0.1, 0.15) is 18.2 Å². The molecular formula is C15H14Cl2N2O5. The molecule has 0 amide bonds. The van der Waals surface area contributed by atoms with Gasteiger partial charge in [-0.3, -0.25) is 4.79 Å². The highest BCUT2D eigenvalue weighted by Crippen LogP contribution is 2.26. The van der Waals surface area contributed by atoms with Gasteiger partial charge in [-0.15, -0.1) is 0 Å². The summed E-state index contributed by atoms with van der Waals surface area (Å²) in [4.78, 5) is 23.3. The van der Waals surface area contributed by atoms with Gasteiger partial charge in [0.25, 0.3) is 5.56 Å². The van der Waals surface area contributed by atoms with E-state index in [4.69, 9.17) is 37.8 Å². The number of ketones is 1. The average molecular weight is 373 g/mol. The maximum Gasteiger partial charge on any atom is 0.360 e. The lowest BCUT2D eigenvalue weighted by molar-refractivity contribution is -0.141. The van der Waals surface area contributed by atoms with Crippen LogP contribution in [0, 0.1) is 0 Å². The van der Waals surface area contributed by atoms with Gasteiger partial charge in [-0.05, 0) is 31.2 Å². The van der Waals surface area contributed by atoms with Gasteiger partial charge in [0.2, 0.25) is 5.78 Å². The summed E-state index contributed by atoms with van der Waals surface area (Å²) in [5.74, 6) is -1.53. The lowest BCUT2D eigenvalue weighted by Gasteiger charge is -2.11. The van der Waals surface area contributed by atoms with Crippen LogP contribution in [0.25, 0.3) is 0 Å². The van der Waals surface area contributed by atoms with Crippen LogP contribution in [0.4, 0.5) is 0 Å². The van der Waals surface area contributed by atoms with E-state index in [1.54, 1.807) is 6.07 Å².